The Labute approximate surface area is 95.7 Å². The highest BCUT2D eigenvalue weighted by Crippen LogP contribution is 2.15. The molecule has 1 unspecified atom stereocenters. The van der Waals surface area contributed by atoms with Crippen LogP contribution in [0.1, 0.15) is 16.7 Å². The lowest BCUT2D eigenvalue weighted by molar-refractivity contribution is -0.140. The van der Waals surface area contributed by atoms with Gasteiger partial charge in [-0.15, -0.1) is 0 Å². The largest absolute Gasteiger partial charge is 0.481 e. The fourth-order valence-electron chi connectivity index (χ4n) is 1.44. The second-order valence-corrected chi connectivity index (χ2v) is 4.21. The summed E-state index contributed by atoms with van der Waals surface area (Å²) in [6.07, 6.45) is 0.556. The van der Waals surface area contributed by atoms with Crippen molar-refractivity contribution in [1.29, 1.82) is 0 Å². The molecule has 1 rings (SSSR count). The van der Waals surface area contributed by atoms with E-state index in [4.69, 9.17) is 5.11 Å². The van der Waals surface area contributed by atoms with Crippen LogP contribution in [0.3, 0.4) is 0 Å². The molecule has 3 heteroatoms. The molecule has 15 heavy (non-hydrogen) atoms. The maximum Gasteiger partial charge on any atom is 0.307 e. The average Bonchev–Trinajstić information content (AvgIpc) is 2.19. The molecule has 0 spiro atoms. The van der Waals surface area contributed by atoms with Crippen LogP contribution in [0.15, 0.2) is 18.2 Å². The third-order valence-corrected chi connectivity index (χ3v) is 3.06. The van der Waals surface area contributed by atoms with Gasteiger partial charge in [0.05, 0.1) is 5.92 Å². The lowest BCUT2D eigenvalue weighted by Gasteiger charge is -2.10. The van der Waals surface area contributed by atoms with Crippen LogP contribution in [-0.2, 0) is 11.2 Å². The van der Waals surface area contributed by atoms with Crippen molar-refractivity contribution < 1.29 is 9.90 Å². The van der Waals surface area contributed by atoms with Crippen LogP contribution in [-0.4, -0.2) is 16.8 Å². The minimum Gasteiger partial charge on any atom is -0.481 e. The summed E-state index contributed by atoms with van der Waals surface area (Å²) in [5.41, 5.74) is 3.51. The first-order valence-electron chi connectivity index (χ1n) is 4.94. The predicted octanol–water partition coefficient (Wildman–Crippen LogP) is 2.48. The maximum atomic E-state index is 10.8. The van der Waals surface area contributed by atoms with E-state index in [0.29, 0.717) is 12.2 Å². The first-order chi connectivity index (χ1) is 7.04. The Hall–Kier alpha value is -0.960. The molecular formula is C12H16O2S. The summed E-state index contributed by atoms with van der Waals surface area (Å²) in [5.74, 6) is -0.791. The topological polar surface area (TPSA) is 37.3 Å². The van der Waals surface area contributed by atoms with Gasteiger partial charge in [0.25, 0.3) is 0 Å². The summed E-state index contributed by atoms with van der Waals surface area (Å²) < 4.78 is 0. The average molecular weight is 224 g/mol. The van der Waals surface area contributed by atoms with Gasteiger partial charge in [0, 0.05) is 5.75 Å². The SMILES string of the molecule is Cc1ccc(CC(CS)C(=O)O)cc1C. The first kappa shape index (κ1) is 12.1. The number of carboxylic acids is 1. The van der Waals surface area contributed by atoms with Crippen LogP contribution in [0, 0.1) is 19.8 Å². The molecule has 0 amide bonds. The van der Waals surface area contributed by atoms with Gasteiger partial charge >= 0.3 is 5.97 Å². The number of rotatable bonds is 4. The highest BCUT2D eigenvalue weighted by Gasteiger charge is 2.15. The summed E-state index contributed by atoms with van der Waals surface area (Å²) in [6, 6.07) is 6.07. The van der Waals surface area contributed by atoms with E-state index >= 15 is 0 Å². The van der Waals surface area contributed by atoms with E-state index in [1.807, 2.05) is 26.0 Å². The number of carbonyl (C=O) groups is 1. The zero-order valence-electron chi connectivity index (χ0n) is 9.03. The highest BCUT2D eigenvalue weighted by atomic mass is 32.1. The van der Waals surface area contributed by atoms with Crippen LogP contribution in [0.25, 0.3) is 0 Å². The number of aryl methyl sites for hydroxylation is 2. The van der Waals surface area contributed by atoms with E-state index in [1.165, 1.54) is 11.1 Å². The minimum atomic E-state index is -0.775. The summed E-state index contributed by atoms with van der Waals surface area (Å²) >= 11 is 4.05. The van der Waals surface area contributed by atoms with Crippen molar-refractivity contribution in [3.8, 4) is 0 Å². The summed E-state index contributed by atoms with van der Waals surface area (Å²) in [6.45, 7) is 4.09. The lowest BCUT2D eigenvalue weighted by atomic mass is 9.98. The number of carboxylic acid groups (broad SMARTS) is 1. The predicted molar refractivity (Wildman–Crippen MR) is 64.6 cm³/mol. The molecule has 0 aromatic heterocycles. The molecule has 0 saturated carbocycles. The molecule has 1 N–H and O–H groups in total. The normalized spacial score (nSPS) is 12.5. The van der Waals surface area contributed by atoms with E-state index in [0.717, 1.165) is 5.56 Å². The lowest BCUT2D eigenvalue weighted by Crippen LogP contribution is -2.18. The Morgan fingerprint density at radius 1 is 1.40 bits per heavy atom. The molecule has 0 radical (unpaired) electrons. The van der Waals surface area contributed by atoms with E-state index in [9.17, 15) is 4.79 Å². The van der Waals surface area contributed by atoms with Crippen LogP contribution < -0.4 is 0 Å². The third-order valence-electron chi connectivity index (χ3n) is 2.62. The molecule has 0 aliphatic heterocycles. The second kappa shape index (κ2) is 5.21. The van der Waals surface area contributed by atoms with Gasteiger partial charge in [-0.3, -0.25) is 4.79 Å². The number of benzene rings is 1. The standard InChI is InChI=1S/C12H16O2S/c1-8-3-4-10(5-9(8)2)6-11(7-15)12(13)14/h3-5,11,15H,6-7H2,1-2H3,(H,13,14). The van der Waals surface area contributed by atoms with Crippen molar-refractivity contribution in [3.63, 3.8) is 0 Å². The van der Waals surface area contributed by atoms with Gasteiger partial charge in [-0.1, -0.05) is 18.2 Å². The molecule has 1 atom stereocenters. The van der Waals surface area contributed by atoms with Gasteiger partial charge < -0.3 is 5.11 Å². The van der Waals surface area contributed by atoms with Crippen molar-refractivity contribution in [2.24, 2.45) is 5.92 Å². The van der Waals surface area contributed by atoms with Crippen molar-refractivity contribution in [3.05, 3.63) is 34.9 Å². The molecule has 82 valence electrons. The fourth-order valence-corrected chi connectivity index (χ4v) is 1.73. The molecule has 0 fully saturated rings. The Bertz CT molecular complexity index is 361. The van der Waals surface area contributed by atoms with Crippen LogP contribution in [0.5, 0.6) is 0 Å². The second-order valence-electron chi connectivity index (χ2n) is 3.84. The van der Waals surface area contributed by atoms with Crippen LogP contribution in [0.2, 0.25) is 0 Å². The Balaban J connectivity index is 2.80. The molecule has 0 heterocycles. The summed E-state index contributed by atoms with van der Waals surface area (Å²) in [4.78, 5) is 10.8. The van der Waals surface area contributed by atoms with Crippen molar-refractivity contribution in [2.45, 2.75) is 20.3 Å². The molecule has 0 saturated heterocycles. The molecule has 2 nitrogen and oxygen atoms in total. The van der Waals surface area contributed by atoms with Gasteiger partial charge in [0.2, 0.25) is 0 Å². The summed E-state index contributed by atoms with van der Waals surface area (Å²) in [5, 5.41) is 8.91. The van der Waals surface area contributed by atoms with Crippen LogP contribution in [0.4, 0.5) is 0 Å². The molecule has 0 aliphatic carbocycles. The first-order valence-corrected chi connectivity index (χ1v) is 5.57. The van der Waals surface area contributed by atoms with Crippen LogP contribution >= 0.6 is 12.6 Å². The molecule has 0 aliphatic rings. The van der Waals surface area contributed by atoms with Gasteiger partial charge in [0.15, 0.2) is 0 Å². The maximum absolute atomic E-state index is 10.8. The molecular weight excluding hydrogens is 208 g/mol. The van der Waals surface area contributed by atoms with Gasteiger partial charge in [-0.2, -0.15) is 12.6 Å². The molecule has 0 bridgehead atoms. The van der Waals surface area contributed by atoms with Gasteiger partial charge in [-0.05, 0) is 37.0 Å². The number of aliphatic carboxylic acids is 1. The van der Waals surface area contributed by atoms with E-state index in [-0.39, 0.29) is 0 Å². The third kappa shape index (κ3) is 3.27. The van der Waals surface area contributed by atoms with E-state index < -0.39 is 11.9 Å². The fraction of sp³-hybridized carbons (Fsp3) is 0.417. The minimum absolute atomic E-state index is 0.377. The summed E-state index contributed by atoms with van der Waals surface area (Å²) in [7, 11) is 0. The molecule has 1 aromatic rings. The quantitative estimate of drug-likeness (QED) is 0.771. The van der Waals surface area contributed by atoms with Crippen molar-refractivity contribution in [1.82, 2.24) is 0 Å². The monoisotopic (exact) mass is 224 g/mol. The van der Waals surface area contributed by atoms with Gasteiger partial charge in [-0.25, -0.2) is 0 Å². The zero-order chi connectivity index (χ0) is 11.4. The Kier molecular flexibility index (Phi) is 4.21. The molecule has 1 aromatic carbocycles. The highest BCUT2D eigenvalue weighted by molar-refractivity contribution is 7.80. The number of thiol groups is 1. The number of hydrogen-bond donors (Lipinski definition) is 2. The number of hydrogen-bond acceptors (Lipinski definition) is 2. The van der Waals surface area contributed by atoms with E-state index in [1.54, 1.807) is 0 Å². The van der Waals surface area contributed by atoms with Crippen molar-refractivity contribution in [2.75, 3.05) is 5.75 Å². The smallest absolute Gasteiger partial charge is 0.307 e. The van der Waals surface area contributed by atoms with Gasteiger partial charge in [0.1, 0.15) is 0 Å². The zero-order valence-corrected chi connectivity index (χ0v) is 9.92. The Morgan fingerprint density at radius 2 is 2.07 bits per heavy atom. The van der Waals surface area contributed by atoms with E-state index in [2.05, 4.69) is 18.7 Å². The van der Waals surface area contributed by atoms with Crippen molar-refractivity contribution >= 4 is 18.6 Å². The Morgan fingerprint density at radius 3 is 2.53 bits per heavy atom.